The van der Waals surface area contributed by atoms with Crippen LogP contribution in [0.4, 0.5) is 5.82 Å². The zero-order chi connectivity index (χ0) is 13.4. The molecule has 1 heterocycles. The van der Waals surface area contributed by atoms with Gasteiger partial charge in [0, 0.05) is 21.1 Å². The molecule has 0 spiro atoms. The topological polar surface area (TPSA) is 99.4 Å². The molecule has 0 fully saturated rings. The molecule has 1 aromatic heterocycles. The van der Waals surface area contributed by atoms with Crippen molar-refractivity contribution in [3.63, 3.8) is 0 Å². The van der Waals surface area contributed by atoms with Crippen LogP contribution in [-0.2, 0) is 24.2 Å². The maximum absolute atomic E-state index is 11.7. The molecule has 1 rings (SSSR count). The summed E-state index contributed by atoms with van der Waals surface area (Å²) in [5.74, 6) is -0.428. The van der Waals surface area contributed by atoms with Crippen molar-refractivity contribution in [3.8, 4) is 5.75 Å². The quantitative estimate of drug-likeness (QED) is 0.664. The van der Waals surface area contributed by atoms with Crippen molar-refractivity contribution >= 4 is 15.9 Å². The minimum absolute atomic E-state index is 0.00326. The molecule has 17 heavy (non-hydrogen) atoms. The maximum Gasteiger partial charge on any atom is 0.332 e. The molecular formula is C8H13N3O5S. The highest BCUT2D eigenvalue weighted by Crippen LogP contribution is 2.17. The number of hydrogen-bond donors (Lipinski definition) is 1. The number of nitrogens with zero attached hydrogens (tertiary/aromatic N) is 2. The van der Waals surface area contributed by atoms with Gasteiger partial charge in [0.05, 0.1) is 6.26 Å². The van der Waals surface area contributed by atoms with Gasteiger partial charge in [-0.2, -0.15) is 8.42 Å². The van der Waals surface area contributed by atoms with Gasteiger partial charge in [0.1, 0.15) is 0 Å². The Morgan fingerprint density at radius 3 is 2.12 bits per heavy atom. The molecule has 9 heteroatoms. The molecule has 1 aromatic rings. The van der Waals surface area contributed by atoms with Gasteiger partial charge in [-0.05, 0) is 0 Å². The van der Waals surface area contributed by atoms with Crippen molar-refractivity contribution in [3.05, 3.63) is 20.8 Å². The lowest BCUT2D eigenvalue weighted by atomic mass is 10.5. The molecule has 0 atom stereocenters. The van der Waals surface area contributed by atoms with Gasteiger partial charge in [0.2, 0.25) is 5.75 Å². The molecule has 0 aliphatic rings. The fourth-order valence-corrected chi connectivity index (χ4v) is 1.77. The van der Waals surface area contributed by atoms with Gasteiger partial charge in [-0.15, -0.1) is 0 Å². The number of aromatic nitrogens is 2. The van der Waals surface area contributed by atoms with E-state index in [-0.39, 0.29) is 5.82 Å². The number of rotatable bonds is 3. The normalized spacial score (nSPS) is 11.3. The number of nitrogens with one attached hydrogen (secondary N) is 1. The van der Waals surface area contributed by atoms with Crippen LogP contribution in [0.25, 0.3) is 0 Å². The van der Waals surface area contributed by atoms with Crippen molar-refractivity contribution in [2.75, 3.05) is 18.6 Å². The Balaban J connectivity index is 3.71. The largest absolute Gasteiger partial charge is 0.373 e. The summed E-state index contributed by atoms with van der Waals surface area (Å²) in [7, 11) is 0.227. The van der Waals surface area contributed by atoms with Gasteiger partial charge in [-0.1, -0.05) is 0 Å². The molecule has 0 bridgehead atoms. The van der Waals surface area contributed by atoms with Crippen molar-refractivity contribution in [1.29, 1.82) is 0 Å². The number of anilines is 1. The third kappa shape index (κ3) is 2.49. The molecule has 0 saturated carbocycles. The summed E-state index contributed by atoms with van der Waals surface area (Å²) < 4.78 is 28.5. The van der Waals surface area contributed by atoms with Gasteiger partial charge in [-0.3, -0.25) is 13.9 Å². The molecule has 0 unspecified atom stereocenters. The SMILES string of the molecule is CNc1c(OS(C)(=O)=O)c(=O)n(C)c(=O)n1C. The smallest absolute Gasteiger partial charge is 0.332 e. The van der Waals surface area contributed by atoms with Crippen molar-refractivity contribution in [1.82, 2.24) is 9.13 Å². The zero-order valence-corrected chi connectivity index (χ0v) is 10.7. The fraction of sp³-hybridized carbons (Fsp3) is 0.500. The van der Waals surface area contributed by atoms with Gasteiger partial charge >= 0.3 is 21.4 Å². The van der Waals surface area contributed by atoms with Gasteiger partial charge in [-0.25, -0.2) is 4.79 Å². The zero-order valence-electron chi connectivity index (χ0n) is 9.84. The summed E-state index contributed by atoms with van der Waals surface area (Å²) in [4.78, 5) is 23.3. The van der Waals surface area contributed by atoms with Crippen LogP contribution >= 0.6 is 0 Å². The first kappa shape index (κ1) is 13.3. The molecule has 0 aliphatic carbocycles. The summed E-state index contributed by atoms with van der Waals surface area (Å²) in [6.07, 6.45) is 0.816. The van der Waals surface area contributed by atoms with Crippen LogP contribution in [0, 0.1) is 0 Å². The average Bonchev–Trinajstić information content (AvgIpc) is 2.22. The molecule has 0 saturated heterocycles. The van der Waals surface area contributed by atoms with E-state index in [2.05, 4.69) is 9.50 Å². The average molecular weight is 263 g/mol. The Kier molecular flexibility index (Phi) is 3.32. The van der Waals surface area contributed by atoms with E-state index in [0.29, 0.717) is 0 Å². The first-order valence-corrected chi connectivity index (χ1v) is 6.38. The minimum Gasteiger partial charge on any atom is -0.373 e. The monoisotopic (exact) mass is 263 g/mol. The molecule has 0 aliphatic heterocycles. The molecule has 8 nitrogen and oxygen atoms in total. The summed E-state index contributed by atoms with van der Waals surface area (Å²) in [5.41, 5.74) is -1.40. The van der Waals surface area contributed by atoms with Crippen molar-refractivity contribution < 1.29 is 12.6 Å². The molecule has 0 aromatic carbocycles. The van der Waals surface area contributed by atoms with Gasteiger partial charge < -0.3 is 9.50 Å². The molecule has 0 amide bonds. The Morgan fingerprint density at radius 2 is 1.71 bits per heavy atom. The molecule has 0 radical (unpaired) electrons. The summed E-state index contributed by atoms with van der Waals surface area (Å²) in [5, 5.41) is 2.56. The maximum atomic E-state index is 11.7. The van der Waals surface area contributed by atoms with Gasteiger partial charge in [0.25, 0.3) is 0 Å². The van der Waals surface area contributed by atoms with E-state index in [1.54, 1.807) is 0 Å². The lowest BCUT2D eigenvalue weighted by Gasteiger charge is -2.13. The van der Waals surface area contributed by atoms with Crippen LogP contribution in [0.5, 0.6) is 5.75 Å². The van der Waals surface area contributed by atoms with Crippen LogP contribution in [-0.4, -0.2) is 30.9 Å². The van der Waals surface area contributed by atoms with Crippen LogP contribution in [0.1, 0.15) is 0 Å². The highest BCUT2D eigenvalue weighted by Gasteiger charge is 2.19. The predicted octanol–water partition coefficient (Wildman–Crippen LogP) is -1.54. The Bertz CT molecular complexity index is 655. The first-order valence-electron chi connectivity index (χ1n) is 4.56. The lowest BCUT2D eigenvalue weighted by Crippen LogP contribution is -2.39. The van der Waals surface area contributed by atoms with E-state index in [9.17, 15) is 18.0 Å². The lowest BCUT2D eigenvalue weighted by molar-refractivity contribution is 0.480. The fourth-order valence-electron chi connectivity index (χ4n) is 1.32. The second-order valence-electron chi connectivity index (χ2n) is 3.42. The highest BCUT2D eigenvalue weighted by molar-refractivity contribution is 7.86. The minimum atomic E-state index is -3.85. The Morgan fingerprint density at radius 1 is 1.18 bits per heavy atom. The summed E-state index contributed by atoms with van der Waals surface area (Å²) >= 11 is 0. The van der Waals surface area contributed by atoms with E-state index >= 15 is 0 Å². The van der Waals surface area contributed by atoms with E-state index in [1.807, 2.05) is 0 Å². The first-order chi connectivity index (χ1) is 7.69. The van der Waals surface area contributed by atoms with Crippen LogP contribution in [0.3, 0.4) is 0 Å². The molecule has 1 N–H and O–H groups in total. The molecular weight excluding hydrogens is 250 g/mol. The van der Waals surface area contributed by atoms with E-state index < -0.39 is 27.1 Å². The summed E-state index contributed by atoms with van der Waals surface area (Å²) in [6.45, 7) is 0. The third-order valence-electron chi connectivity index (χ3n) is 2.09. The van der Waals surface area contributed by atoms with E-state index in [4.69, 9.17) is 0 Å². The standard InChI is InChI=1S/C8H13N3O5S/c1-9-6-5(16-17(4,14)15)7(12)11(3)8(13)10(6)2/h9H,1-4H3. The van der Waals surface area contributed by atoms with Crippen molar-refractivity contribution in [2.24, 2.45) is 14.1 Å². The van der Waals surface area contributed by atoms with Crippen LogP contribution in [0.15, 0.2) is 9.59 Å². The second kappa shape index (κ2) is 4.24. The predicted molar refractivity (Wildman–Crippen MR) is 61.9 cm³/mol. The number of hydrogen-bond acceptors (Lipinski definition) is 6. The Labute approximate surface area is 97.6 Å². The van der Waals surface area contributed by atoms with Gasteiger partial charge in [0.15, 0.2) is 5.82 Å². The van der Waals surface area contributed by atoms with E-state index in [0.717, 1.165) is 15.4 Å². The van der Waals surface area contributed by atoms with Crippen LogP contribution in [0.2, 0.25) is 0 Å². The Hall–Kier alpha value is -1.77. The second-order valence-corrected chi connectivity index (χ2v) is 5.00. The highest BCUT2D eigenvalue weighted by atomic mass is 32.2. The molecule has 96 valence electrons. The summed E-state index contributed by atoms with van der Waals surface area (Å²) in [6, 6.07) is 0. The third-order valence-corrected chi connectivity index (χ3v) is 2.56. The van der Waals surface area contributed by atoms with E-state index in [1.165, 1.54) is 21.1 Å². The van der Waals surface area contributed by atoms with Crippen LogP contribution < -0.4 is 20.7 Å². The van der Waals surface area contributed by atoms with Crippen molar-refractivity contribution in [2.45, 2.75) is 0 Å².